The Morgan fingerprint density at radius 2 is 2.14 bits per heavy atom. The van der Waals surface area contributed by atoms with Crippen LogP contribution in [0, 0.1) is 12.8 Å². The van der Waals surface area contributed by atoms with E-state index >= 15 is 0 Å². The second-order valence-electron chi connectivity index (χ2n) is 5.25. The Kier molecular flexibility index (Phi) is 5.82. The lowest BCUT2D eigenvalue weighted by atomic mass is 10.2. The molecule has 0 aliphatic carbocycles. The topological polar surface area (TPSA) is 42.0 Å². The largest absolute Gasteiger partial charge is 0.352 e. The second kappa shape index (κ2) is 7.61. The van der Waals surface area contributed by atoms with Crippen LogP contribution in [0.1, 0.15) is 34.9 Å². The Labute approximate surface area is 134 Å². The highest BCUT2D eigenvalue weighted by molar-refractivity contribution is 7.98. The molecule has 5 heteroatoms. The van der Waals surface area contributed by atoms with Gasteiger partial charge in [0.05, 0.1) is 16.3 Å². The highest BCUT2D eigenvalue weighted by Gasteiger charge is 2.12. The van der Waals surface area contributed by atoms with Crippen molar-refractivity contribution in [3.63, 3.8) is 0 Å². The molecule has 1 heterocycles. The van der Waals surface area contributed by atoms with E-state index in [1.807, 2.05) is 31.2 Å². The number of aromatic nitrogens is 1. The monoisotopic (exact) mass is 320 g/mol. The van der Waals surface area contributed by atoms with Crippen LogP contribution in [0.4, 0.5) is 0 Å². The molecule has 112 valence electrons. The minimum atomic E-state index is 0.00117. The van der Waals surface area contributed by atoms with Crippen LogP contribution in [0.2, 0.25) is 0 Å². The minimum absolute atomic E-state index is 0.00117. The van der Waals surface area contributed by atoms with E-state index in [0.717, 1.165) is 26.9 Å². The van der Waals surface area contributed by atoms with Gasteiger partial charge in [-0.15, -0.1) is 23.1 Å². The molecule has 1 amide bonds. The Balaban J connectivity index is 2.04. The smallest absolute Gasteiger partial charge is 0.252 e. The zero-order valence-corrected chi connectivity index (χ0v) is 14.2. The van der Waals surface area contributed by atoms with Crippen LogP contribution >= 0.6 is 23.1 Å². The molecule has 0 fully saturated rings. The van der Waals surface area contributed by atoms with E-state index in [1.54, 1.807) is 23.1 Å². The summed E-state index contributed by atoms with van der Waals surface area (Å²) in [5, 5.41) is 6.13. The van der Waals surface area contributed by atoms with E-state index in [9.17, 15) is 4.79 Å². The molecule has 0 aliphatic rings. The third-order valence-electron chi connectivity index (χ3n) is 2.84. The molecule has 0 saturated carbocycles. The van der Waals surface area contributed by atoms with Crippen LogP contribution in [-0.2, 0) is 5.75 Å². The highest BCUT2D eigenvalue weighted by Crippen LogP contribution is 2.26. The van der Waals surface area contributed by atoms with Gasteiger partial charge >= 0.3 is 0 Å². The summed E-state index contributed by atoms with van der Waals surface area (Å²) in [6.45, 7) is 6.88. The fraction of sp³-hybridized carbons (Fsp3) is 0.375. The number of carbonyl (C=O) groups excluding carboxylic acids is 1. The zero-order valence-electron chi connectivity index (χ0n) is 12.6. The van der Waals surface area contributed by atoms with Crippen molar-refractivity contribution < 1.29 is 4.79 Å². The molecule has 0 aliphatic heterocycles. The van der Waals surface area contributed by atoms with Crippen molar-refractivity contribution in [1.82, 2.24) is 10.3 Å². The predicted molar refractivity (Wildman–Crippen MR) is 90.0 cm³/mol. The van der Waals surface area contributed by atoms with Crippen molar-refractivity contribution >= 4 is 29.0 Å². The maximum Gasteiger partial charge on any atom is 0.252 e. The molecule has 2 aromatic rings. The Hall–Kier alpha value is -1.33. The van der Waals surface area contributed by atoms with Gasteiger partial charge in [-0.2, -0.15) is 0 Å². The molecule has 0 unspecified atom stereocenters. The molecule has 1 aromatic heterocycles. The molecule has 2 rings (SSSR count). The van der Waals surface area contributed by atoms with Crippen LogP contribution in [0.5, 0.6) is 0 Å². The van der Waals surface area contributed by atoms with Gasteiger partial charge in [-0.25, -0.2) is 4.98 Å². The number of thiazole rings is 1. The third-order valence-corrected chi connectivity index (χ3v) is 4.77. The highest BCUT2D eigenvalue weighted by atomic mass is 32.2. The number of nitrogens with zero attached hydrogens (tertiary/aromatic N) is 1. The number of amides is 1. The first-order valence-corrected chi connectivity index (χ1v) is 8.84. The SMILES string of the molecule is Cc1nc(CSc2ccccc2C(=O)NCC(C)C)cs1. The van der Waals surface area contributed by atoms with E-state index in [-0.39, 0.29) is 5.91 Å². The van der Waals surface area contributed by atoms with Gasteiger partial charge in [0, 0.05) is 22.6 Å². The minimum Gasteiger partial charge on any atom is -0.352 e. The van der Waals surface area contributed by atoms with E-state index in [0.29, 0.717) is 12.5 Å². The summed E-state index contributed by atoms with van der Waals surface area (Å²) in [5.41, 5.74) is 1.81. The van der Waals surface area contributed by atoms with Crippen molar-refractivity contribution in [2.24, 2.45) is 5.92 Å². The molecule has 0 spiro atoms. The summed E-state index contributed by atoms with van der Waals surface area (Å²) < 4.78 is 0. The van der Waals surface area contributed by atoms with Gasteiger partial charge in [-0.1, -0.05) is 26.0 Å². The van der Waals surface area contributed by atoms with Crippen molar-refractivity contribution in [3.8, 4) is 0 Å². The van der Waals surface area contributed by atoms with Crippen molar-refractivity contribution in [2.75, 3.05) is 6.54 Å². The van der Waals surface area contributed by atoms with Crippen molar-refractivity contribution in [3.05, 3.63) is 45.9 Å². The van der Waals surface area contributed by atoms with Crippen molar-refractivity contribution in [1.29, 1.82) is 0 Å². The number of rotatable bonds is 6. The van der Waals surface area contributed by atoms with E-state index in [1.165, 1.54) is 0 Å². The third kappa shape index (κ3) is 4.86. The van der Waals surface area contributed by atoms with Crippen LogP contribution in [0.15, 0.2) is 34.5 Å². The lowest BCUT2D eigenvalue weighted by molar-refractivity contribution is 0.0946. The summed E-state index contributed by atoms with van der Waals surface area (Å²) in [4.78, 5) is 17.7. The second-order valence-corrected chi connectivity index (χ2v) is 7.33. The number of nitrogens with one attached hydrogen (secondary N) is 1. The van der Waals surface area contributed by atoms with Crippen LogP contribution in [0.25, 0.3) is 0 Å². The van der Waals surface area contributed by atoms with Gasteiger partial charge in [0.25, 0.3) is 5.91 Å². The summed E-state index contributed by atoms with van der Waals surface area (Å²) in [6.07, 6.45) is 0. The van der Waals surface area contributed by atoms with Crippen LogP contribution in [-0.4, -0.2) is 17.4 Å². The fourth-order valence-electron chi connectivity index (χ4n) is 1.80. The molecule has 0 saturated heterocycles. The number of thioether (sulfide) groups is 1. The lowest BCUT2D eigenvalue weighted by Crippen LogP contribution is -2.27. The Morgan fingerprint density at radius 1 is 1.38 bits per heavy atom. The van der Waals surface area contributed by atoms with E-state index in [4.69, 9.17) is 0 Å². The molecular formula is C16H20N2OS2. The van der Waals surface area contributed by atoms with Gasteiger partial charge in [0.2, 0.25) is 0 Å². The first kappa shape index (κ1) is 16.0. The molecule has 0 atom stereocenters. The number of hydrogen-bond donors (Lipinski definition) is 1. The maximum absolute atomic E-state index is 12.2. The molecule has 21 heavy (non-hydrogen) atoms. The molecule has 0 bridgehead atoms. The summed E-state index contributed by atoms with van der Waals surface area (Å²) in [7, 11) is 0. The molecule has 3 nitrogen and oxygen atoms in total. The number of hydrogen-bond acceptors (Lipinski definition) is 4. The molecule has 0 radical (unpaired) electrons. The Morgan fingerprint density at radius 3 is 2.81 bits per heavy atom. The predicted octanol–water partition coefficient (Wildman–Crippen LogP) is 4.13. The lowest BCUT2D eigenvalue weighted by Gasteiger charge is -2.10. The fourth-order valence-corrected chi connectivity index (χ4v) is 3.46. The van der Waals surface area contributed by atoms with Gasteiger partial charge in [-0.3, -0.25) is 4.79 Å². The summed E-state index contributed by atoms with van der Waals surface area (Å²) in [6, 6.07) is 7.74. The van der Waals surface area contributed by atoms with Crippen LogP contribution < -0.4 is 5.32 Å². The van der Waals surface area contributed by atoms with Gasteiger partial charge in [-0.05, 0) is 25.0 Å². The standard InChI is InChI=1S/C16H20N2OS2/c1-11(2)8-17-16(19)14-6-4-5-7-15(14)21-10-13-9-20-12(3)18-13/h4-7,9,11H,8,10H2,1-3H3,(H,17,19). The van der Waals surface area contributed by atoms with Crippen LogP contribution in [0.3, 0.4) is 0 Å². The normalized spacial score (nSPS) is 10.9. The summed E-state index contributed by atoms with van der Waals surface area (Å²) >= 11 is 3.32. The number of carbonyl (C=O) groups is 1. The molecular weight excluding hydrogens is 300 g/mol. The average Bonchev–Trinajstić information content (AvgIpc) is 2.88. The van der Waals surface area contributed by atoms with Gasteiger partial charge in [0.1, 0.15) is 0 Å². The maximum atomic E-state index is 12.2. The first-order chi connectivity index (χ1) is 10.1. The Bertz CT molecular complexity index is 608. The van der Waals surface area contributed by atoms with E-state index < -0.39 is 0 Å². The zero-order chi connectivity index (χ0) is 15.2. The number of benzene rings is 1. The van der Waals surface area contributed by atoms with Gasteiger partial charge in [0.15, 0.2) is 0 Å². The molecule has 1 aromatic carbocycles. The number of aryl methyl sites for hydroxylation is 1. The molecule has 1 N–H and O–H groups in total. The first-order valence-electron chi connectivity index (χ1n) is 6.97. The van der Waals surface area contributed by atoms with Gasteiger partial charge < -0.3 is 5.32 Å². The van der Waals surface area contributed by atoms with Crippen molar-refractivity contribution in [2.45, 2.75) is 31.4 Å². The average molecular weight is 320 g/mol. The summed E-state index contributed by atoms with van der Waals surface area (Å²) in [5.74, 6) is 1.24. The van der Waals surface area contributed by atoms with E-state index in [2.05, 4.69) is 29.5 Å². The quantitative estimate of drug-likeness (QED) is 0.814.